The van der Waals surface area contributed by atoms with E-state index in [-0.39, 0.29) is 18.6 Å². The summed E-state index contributed by atoms with van der Waals surface area (Å²) in [4.78, 5) is 39.2. The van der Waals surface area contributed by atoms with Crippen molar-refractivity contribution in [2.45, 2.75) is 64.5 Å². The summed E-state index contributed by atoms with van der Waals surface area (Å²) >= 11 is 0. The van der Waals surface area contributed by atoms with Crippen molar-refractivity contribution in [3.63, 3.8) is 0 Å². The summed E-state index contributed by atoms with van der Waals surface area (Å²) in [7, 11) is 0. The van der Waals surface area contributed by atoms with E-state index in [0.717, 1.165) is 29.7 Å². The lowest BCUT2D eigenvalue weighted by atomic mass is 9.77. The molecule has 2 heterocycles. The molecule has 4 amide bonds. The van der Waals surface area contributed by atoms with Gasteiger partial charge in [0, 0.05) is 18.1 Å². The number of anilines is 1. The summed E-state index contributed by atoms with van der Waals surface area (Å²) in [6.07, 6.45) is 3.86. The van der Waals surface area contributed by atoms with E-state index in [0.29, 0.717) is 42.6 Å². The Balaban J connectivity index is 1.47. The maximum absolute atomic E-state index is 13.0. The molecule has 2 N–H and O–H groups in total. The summed E-state index contributed by atoms with van der Waals surface area (Å²) < 4.78 is 11.5. The van der Waals surface area contributed by atoms with E-state index in [9.17, 15) is 14.4 Å². The number of hydrogen-bond acceptors (Lipinski definition) is 5. The second-order valence-corrected chi connectivity index (χ2v) is 8.66. The van der Waals surface area contributed by atoms with Gasteiger partial charge in [-0.05, 0) is 51.5 Å². The Kier molecular flexibility index (Phi) is 5.34. The lowest BCUT2D eigenvalue weighted by Crippen LogP contribution is -2.49. The zero-order chi connectivity index (χ0) is 21.5. The molecule has 1 aliphatic carbocycles. The second kappa shape index (κ2) is 7.81. The summed E-state index contributed by atoms with van der Waals surface area (Å²) in [6, 6.07) is 3.13. The number of rotatable bonds is 5. The van der Waals surface area contributed by atoms with Crippen molar-refractivity contribution in [1.29, 1.82) is 0 Å². The van der Waals surface area contributed by atoms with Crippen molar-refractivity contribution in [3.05, 3.63) is 17.7 Å². The molecule has 162 valence electrons. The summed E-state index contributed by atoms with van der Waals surface area (Å²) in [5, 5.41) is 5.63. The Morgan fingerprint density at radius 2 is 2.03 bits per heavy atom. The van der Waals surface area contributed by atoms with Gasteiger partial charge in [-0.1, -0.05) is 6.92 Å². The Hall–Kier alpha value is -2.77. The zero-order valence-corrected chi connectivity index (χ0v) is 17.7. The predicted octanol–water partition coefficient (Wildman–Crippen LogP) is 2.85. The minimum atomic E-state index is -0.849. The van der Waals surface area contributed by atoms with Gasteiger partial charge >= 0.3 is 6.03 Å². The van der Waals surface area contributed by atoms with Gasteiger partial charge < -0.3 is 20.1 Å². The van der Waals surface area contributed by atoms with Crippen LogP contribution in [0.5, 0.6) is 11.5 Å². The molecule has 4 rings (SSSR count). The Bertz CT molecular complexity index is 876. The molecule has 2 aliphatic heterocycles. The topological polar surface area (TPSA) is 97.0 Å². The molecule has 0 radical (unpaired) electrons. The van der Waals surface area contributed by atoms with E-state index in [1.54, 1.807) is 6.07 Å². The normalized spacial score (nSPS) is 27.6. The first-order chi connectivity index (χ1) is 14.3. The molecule has 0 aromatic heterocycles. The van der Waals surface area contributed by atoms with Crippen LogP contribution in [0.4, 0.5) is 10.5 Å². The molecule has 3 aliphatic rings. The van der Waals surface area contributed by atoms with Gasteiger partial charge in [0.05, 0.1) is 12.3 Å². The SMILES string of the molecule is CCOc1cc2c(cc1NC(=O)CN1C(=O)NC3(CCC(C)CC3)C1=O)OC(C)C2. The smallest absolute Gasteiger partial charge is 0.325 e. The molecule has 1 aromatic carbocycles. The molecule has 30 heavy (non-hydrogen) atoms. The maximum Gasteiger partial charge on any atom is 0.325 e. The van der Waals surface area contributed by atoms with E-state index in [4.69, 9.17) is 9.47 Å². The van der Waals surface area contributed by atoms with Gasteiger partial charge in [-0.3, -0.25) is 14.5 Å². The average molecular weight is 415 g/mol. The minimum Gasteiger partial charge on any atom is -0.492 e. The Morgan fingerprint density at radius 3 is 2.73 bits per heavy atom. The number of ether oxygens (including phenoxy) is 2. The Labute approximate surface area is 176 Å². The third-order valence-corrected chi connectivity index (χ3v) is 6.25. The largest absolute Gasteiger partial charge is 0.492 e. The monoisotopic (exact) mass is 415 g/mol. The molecule has 1 saturated heterocycles. The van der Waals surface area contributed by atoms with Crippen molar-refractivity contribution in [2.24, 2.45) is 5.92 Å². The molecule has 8 nitrogen and oxygen atoms in total. The molecule has 1 unspecified atom stereocenters. The minimum absolute atomic E-state index is 0.0701. The van der Waals surface area contributed by atoms with Crippen LogP contribution in [0.3, 0.4) is 0 Å². The number of carbonyl (C=O) groups excluding carboxylic acids is 3. The number of nitrogens with one attached hydrogen (secondary N) is 2. The molecule has 8 heteroatoms. The predicted molar refractivity (Wildman–Crippen MR) is 111 cm³/mol. The van der Waals surface area contributed by atoms with E-state index in [1.807, 2.05) is 19.9 Å². The van der Waals surface area contributed by atoms with Crippen LogP contribution in [0.15, 0.2) is 12.1 Å². The number of urea groups is 1. The maximum atomic E-state index is 13.0. The molecule has 2 fully saturated rings. The average Bonchev–Trinajstić information content (AvgIpc) is 3.16. The first-order valence-electron chi connectivity index (χ1n) is 10.7. The highest BCUT2D eigenvalue weighted by Gasteiger charge is 2.52. The fraction of sp³-hybridized carbons (Fsp3) is 0.591. The van der Waals surface area contributed by atoms with E-state index < -0.39 is 17.5 Å². The van der Waals surface area contributed by atoms with Gasteiger partial charge in [0.15, 0.2) is 0 Å². The number of imide groups is 1. The van der Waals surface area contributed by atoms with E-state index >= 15 is 0 Å². The van der Waals surface area contributed by atoms with Gasteiger partial charge in [-0.25, -0.2) is 4.79 Å². The molecule has 1 atom stereocenters. The summed E-state index contributed by atoms with van der Waals surface area (Å²) in [6.45, 7) is 6.12. The van der Waals surface area contributed by atoms with Crippen molar-refractivity contribution < 1.29 is 23.9 Å². The molecule has 0 bridgehead atoms. The highest BCUT2D eigenvalue weighted by atomic mass is 16.5. The lowest BCUT2D eigenvalue weighted by molar-refractivity contribution is -0.135. The van der Waals surface area contributed by atoms with Crippen LogP contribution in [0.2, 0.25) is 0 Å². The third-order valence-electron chi connectivity index (χ3n) is 6.25. The third kappa shape index (κ3) is 3.70. The molecular formula is C22H29N3O5. The number of hydrogen-bond donors (Lipinski definition) is 2. The van der Waals surface area contributed by atoms with Crippen molar-refractivity contribution in [2.75, 3.05) is 18.5 Å². The van der Waals surface area contributed by atoms with Crippen LogP contribution >= 0.6 is 0 Å². The number of benzene rings is 1. The van der Waals surface area contributed by atoms with Gasteiger partial charge in [-0.2, -0.15) is 0 Å². The van der Waals surface area contributed by atoms with Crippen molar-refractivity contribution in [3.8, 4) is 11.5 Å². The zero-order valence-electron chi connectivity index (χ0n) is 17.7. The van der Waals surface area contributed by atoms with Crippen LogP contribution in [0.1, 0.15) is 52.0 Å². The quantitative estimate of drug-likeness (QED) is 0.721. The number of fused-ring (bicyclic) bond motifs is 1. The standard InChI is InChI=1S/C22H29N3O5/c1-4-29-18-10-15-9-14(3)30-17(15)11-16(18)23-19(26)12-25-20(27)22(24-21(25)28)7-5-13(2)6-8-22/h10-11,13-14H,4-9,12H2,1-3H3,(H,23,26)(H,24,28). The summed E-state index contributed by atoms with van der Waals surface area (Å²) in [5.41, 5.74) is 0.659. The highest BCUT2D eigenvalue weighted by Crippen LogP contribution is 2.39. The fourth-order valence-electron chi connectivity index (χ4n) is 4.56. The number of amides is 4. The van der Waals surface area contributed by atoms with Crippen LogP contribution in [-0.2, 0) is 16.0 Å². The van der Waals surface area contributed by atoms with Gasteiger partial charge in [0.1, 0.15) is 29.7 Å². The molecular weight excluding hydrogens is 386 g/mol. The fourth-order valence-corrected chi connectivity index (χ4v) is 4.56. The van der Waals surface area contributed by atoms with E-state index in [2.05, 4.69) is 17.6 Å². The van der Waals surface area contributed by atoms with Gasteiger partial charge in [0.2, 0.25) is 5.91 Å². The van der Waals surface area contributed by atoms with Crippen LogP contribution < -0.4 is 20.1 Å². The first-order valence-corrected chi connectivity index (χ1v) is 10.7. The summed E-state index contributed by atoms with van der Waals surface area (Å²) in [5.74, 6) is 1.06. The molecule has 1 saturated carbocycles. The second-order valence-electron chi connectivity index (χ2n) is 8.66. The Morgan fingerprint density at radius 1 is 1.30 bits per heavy atom. The van der Waals surface area contributed by atoms with Crippen LogP contribution in [0.25, 0.3) is 0 Å². The number of carbonyl (C=O) groups is 3. The van der Waals surface area contributed by atoms with Gasteiger partial charge in [0.25, 0.3) is 5.91 Å². The van der Waals surface area contributed by atoms with Crippen molar-refractivity contribution >= 4 is 23.5 Å². The highest BCUT2D eigenvalue weighted by molar-refractivity contribution is 6.10. The lowest BCUT2D eigenvalue weighted by Gasteiger charge is -2.33. The number of nitrogens with zero attached hydrogens (tertiary/aromatic N) is 1. The molecule has 1 aromatic rings. The van der Waals surface area contributed by atoms with E-state index in [1.165, 1.54) is 0 Å². The van der Waals surface area contributed by atoms with Crippen molar-refractivity contribution in [1.82, 2.24) is 10.2 Å². The van der Waals surface area contributed by atoms with Crippen LogP contribution in [-0.4, -0.2) is 47.5 Å². The van der Waals surface area contributed by atoms with Crippen LogP contribution in [0, 0.1) is 5.92 Å². The van der Waals surface area contributed by atoms with Gasteiger partial charge in [-0.15, -0.1) is 0 Å². The molecule has 1 spiro atoms. The first kappa shape index (κ1) is 20.5.